The molecular formula is C16H22ClN3O2S. The van der Waals surface area contributed by atoms with E-state index in [1.807, 2.05) is 13.0 Å². The summed E-state index contributed by atoms with van der Waals surface area (Å²) >= 11 is 0. The zero-order chi connectivity index (χ0) is 15.6. The van der Waals surface area contributed by atoms with Crippen molar-refractivity contribution in [1.82, 2.24) is 15.0 Å². The molecule has 0 bridgehead atoms. The van der Waals surface area contributed by atoms with E-state index in [0.717, 1.165) is 31.3 Å². The van der Waals surface area contributed by atoms with E-state index in [1.54, 1.807) is 30.6 Å². The lowest BCUT2D eigenvalue weighted by molar-refractivity contribution is 0.320. The fourth-order valence-corrected chi connectivity index (χ4v) is 4.58. The quantitative estimate of drug-likeness (QED) is 0.883. The number of hydrogen-bond acceptors (Lipinski definition) is 4. The molecule has 1 aromatic carbocycles. The number of nitrogens with zero attached hydrogens (tertiary/aromatic N) is 1. The van der Waals surface area contributed by atoms with Crippen molar-refractivity contribution in [3.8, 4) is 0 Å². The van der Waals surface area contributed by atoms with Crippen molar-refractivity contribution < 1.29 is 8.42 Å². The first-order valence-corrected chi connectivity index (χ1v) is 9.12. The lowest BCUT2D eigenvalue weighted by Crippen LogP contribution is -2.44. The lowest BCUT2D eigenvalue weighted by atomic mass is 9.94. The van der Waals surface area contributed by atoms with E-state index >= 15 is 0 Å². The minimum atomic E-state index is -3.54. The molecule has 126 valence electrons. The number of halogens is 1. The van der Waals surface area contributed by atoms with Crippen LogP contribution in [0.5, 0.6) is 0 Å². The van der Waals surface area contributed by atoms with Gasteiger partial charge in [0.05, 0.1) is 4.90 Å². The number of aromatic nitrogens is 1. The van der Waals surface area contributed by atoms with Gasteiger partial charge in [0.2, 0.25) is 10.0 Å². The number of fused-ring (bicyclic) bond motifs is 1. The van der Waals surface area contributed by atoms with Gasteiger partial charge < -0.3 is 5.32 Å². The normalized spacial score (nSPS) is 20.0. The Labute approximate surface area is 143 Å². The SMILES string of the molecule is CC(NS(=O)(=O)c1cccc2cnccc12)C1CCCNC1.Cl. The Morgan fingerprint density at radius 2 is 2.17 bits per heavy atom. The maximum absolute atomic E-state index is 12.7. The highest BCUT2D eigenvalue weighted by atomic mass is 35.5. The molecular weight excluding hydrogens is 334 g/mol. The Morgan fingerprint density at radius 1 is 1.35 bits per heavy atom. The number of hydrogen-bond donors (Lipinski definition) is 2. The molecule has 1 aromatic heterocycles. The van der Waals surface area contributed by atoms with Gasteiger partial charge in [-0.1, -0.05) is 12.1 Å². The van der Waals surface area contributed by atoms with Gasteiger partial charge in [-0.25, -0.2) is 13.1 Å². The molecule has 7 heteroatoms. The molecule has 0 saturated carbocycles. The highest BCUT2D eigenvalue weighted by Crippen LogP contribution is 2.23. The molecule has 23 heavy (non-hydrogen) atoms. The third kappa shape index (κ3) is 4.01. The number of nitrogens with one attached hydrogen (secondary N) is 2. The summed E-state index contributed by atoms with van der Waals surface area (Å²) in [5.74, 6) is 0.333. The summed E-state index contributed by atoms with van der Waals surface area (Å²) in [5.41, 5.74) is 0. The van der Waals surface area contributed by atoms with Crippen LogP contribution in [0.1, 0.15) is 19.8 Å². The second-order valence-electron chi connectivity index (χ2n) is 5.87. The molecule has 1 aliphatic heterocycles. The summed E-state index contributed by atoms with van der Waals surface area (Å²) in [4.78, 5) is 4.37. The zero-order valence-corrected chi connectivity index (χ0v) is 14.7. The van der Waals surface area contributed by atoms with Crippen LogP contribution in [0.3, 0.4) is 0 Å². The predicted molar refractivity (Wildman–Crippen MR) is 94.4 cm³/mol. The Balaban J connectivity index is 0.00000192. The molecule has 2 atom stereocenters. The first-order valence-electron chi connectivity index (χ1n) is 7.64. The van der Waals surface area contributed by atoms with Crippen LogP contribution in [0.25, 0.3) is 10.8 Å². The molecule has 2 N–H and O–H groups in total. The van der Waals surface area contributed by atoms with Crippen LogP contribution in [0.2, 0.25) is 0 Å². The molecule has 0 spiro atoms. The fourth-order valence-electron chi connectivity index (χ4n) is 3.04. The van der Waals surface area contributed by atoms with Crippen LogP contribution in [-0.4, -0.2) is 32.5 Å². The summed E-state index contributed by atoms with van der Waals surface area (Å²) < 4.78 is 28.3. The van der Waals surface area contributed by atoms with E-state index in [4.69, 9.17) is 0 Å². The monoisotopic (exact) mass is 355 g/mol. The minimum Gasteiger partial charge on any atom is -0.316 e. The van der Waals surface area contributed by atoms with Gasteiger partial charge in [-0.15, -0.1) is 12.4 Å². The number of piperidine rings is 1. The standard InChI is InChI=1S/C16H21N3O2S.ClH/c1-12(13-5-3-8-17-10-13)19-22(20,21)16-6-2-4-14-11-18-9-7-15(14)16;/h2,4,6-7,9,11-13,17,19H,3,5,8,10H2,1H3;1H. The van der Waals surface area contributed by atoms with E-state index in [-0.39, 0.29) is 18.4 Å². The maximum Gasteiger partial charge on any atom is 0.241 e. The van der Waals surface area contributed by atoms with Crippen LogP contribution in [0.4, 0.5) is 0 Å². The van der Waals surface area contributed by atoms with Crippen LogP contribution in [-0.2, 0) is 10.0 Å². The van der Waals surface area contributed by atoms with Crippen molar-refractivity contribution >= 4 is 33.2 Å². The number of benzene rings is 1. The predicted octanol–water partition coefficient (Wildman–Crippen LogP) is 2.32. The van der Waals surface area contributed by atoms with Crippen molar-refractivity contribution in [3.63, 3.8) is 0 Å². The van der Waals surface area contributed by atoms with Gasteiger partial charge in [0, 0.05) is 29.2 Å². The first-order chi connectivity index (χ1) is 10.6. The minimum absolute atomic E-state index is 0. The van der Waals surface area contributed by atoms with Crippen molar-refractivity contribution in [1.29, 1.82) is 0 Å². The second kappa shape index (κ2) is 7.57. The van der Waals surface area contributed by atoms with Crippen molar-refractivity contribution in [2.24, 2.45) is 5.92 Å². The molecule has 0 radical (unpaired) electrons. The third-order valence-corrected chi connectivity index (χ3v) is 5.93. The molecule has 2 unspecified atom stereocenters. The molecule has 5 nitrogen and oxygen atoms in total. The van der Waals surface area contributed by atoms with Crippen molar-refractivity contribution in [3.05, 3.63) is 36.7 Å². The highest BCUT2D eigenvalue weighted by molar-refractivity contribution is 7.89. The molecule has 1 aliphatic rings. The zero-order valence-electron chi connectivity index (χ0n) is 13.0. The second-order valence-corrected chi connectivity index (χ2v) is 7.55. The summed E-state index contributed by atoms with van der Waals surface area (Å²) in [7, 11) is -3.54. The van der Waals surface area contributed by atoms with Gasteiger partial charge in [0.25, 0.3) is 0 Å². The van der Waals surface area contributed by atoms with E-state index in [2.05, 4.69) is 15.0 Å². The first kappa shape index (κ1) is 18.1. The average Bonchev–Trinajstić information content (AvgIpc) is 2.54. The lowest BCUT2D eigenvalue weighted by Gasteiger charge is -2.28. The molecule has 0 amide bonds. The summed E-state index contributed by atoms with van der Waals surface area (Å²) in [5, 5.41) is 4.87. The molecule has 0 aliphatic carbocycles. The van der Waals surface area contributed by atoms with Gasteiger partial charge in [-0.05, 0) is 50.9 Å². The largest absolute Gasteiger partial charge is 0.316 e. The summed E-state index contributed by atoms with van der Waals surface area (Å²) in [6.45, 7) is 3.83. The topological polar surface area (TPSA) is 71.1 Å². The number of pyridine rings is 1. The van der Waals surface area contributed by atoms with Crippen molar-refractivity contribution in [2.45, 2.75) is 30.7 Å². The highest BCUT2D eigenvalue weighted by Gasteiger charge is 2.26. The summed E-state index contributed by atoms with van der Waals surface area (Å²) in [6, 6.07) is 6.93. The number of rotatable bonds is 4. The van der Waals surface area contributed by atoms with Gasteiger partial charge in [0.1, 0.15) is 0 Å². The molecule has 1 saturated heterocycles. The average molecular weight is 356 g/mol. The van der Waals surface area contributed by atoms with Crippen LogP contribution >= 0.6 is 12.4 Å². The Morgan fingerprint density at radius 3 is 2.91 bits per heavy atom. The van der Waals surface area contributed by atoms with Crippen LogP contribution < -0.4 is 10.0 Å². The fraction of sp³-hybridized carbons (Fsp3) is 0.438. The Kier molecular flexibility index (Phi) is 5.97. The van der Waals surface area contributed by atoms with E-state index < -0.39 is 10.0 Å². The van der Waals surface area contributed by atoms with Crippen LogP contribution in [0.15, 0.2) is 41.6 Å². The van der Waals surface area contributed by atoms with E-state index in [9.17, 15) is 8.42 Å². The van der Waals surface area contributed by atoms with Gasteiger partial charge in [0.15, 0.2) is 0 Å². The van der Waals surface area contributed by atoms with E-state index in [1.165, 1.54) is 0 Å². The maximum atomic E-state index is 12.7. The van der Waals surface area contributed by atoms with Gasteiger partial charge >= 0.3 is 0 Å². The van der Waals surface area contributed by atoms with Gasteiger partial charge in [-0.2, -0.15) is 0 Å². The van der Waals surface area contributed by atoms with E-state index in [0.29, 0.717) is 16.2 Å². The molecule has 3 rings (SSSR count). The van der Waals surface area contributed by atoms with Crippen LogP contribution in [0, 0.1) is 5.92 Å². The Bertz CT molecular complexity index is 756. The summed E-state index contributed by atoms with van der Waals surface area (Å²) in [6.07, 6.45) is 5.45. The third-order valence-electron chi connectivity index (χ3n) is 4.31. The molecule has 2 heterocycles. The van der Waals surface area contributed by atoms with Gasteiger partial charge in [-0.3, -0.25) is 4.98 Å². The molecule has 2 aromatic rings. The number of sulfonamides is 1. The Hall–Kier alpha value is -1.21. The molecule has 1 fully saturated rings. The smallest absolute Gasteiger partial charge is 0.241 e. The van der Waals surface area contributed by atoms with Crippen molar-refractivity contribution in [2.75, 3.05) is 13.1 Å².